The molecule has 7 heteroatoms. The van der Waals surface area contributed by atoms with Crippen LogP contribution in [0.3, 0.4) is 0 Å². The number of hydrogen-bond acceptors (Lipinski definition) is 3. The van der Waals surface area contributed by atoms with Gasteiger partial charge in [0.05, 0.1) is 0 Å². The van der Waals surface area contributed by atoms with Crippen molar-refractivity contribution in [3.63, 3.8) is 0 Å². The zero-order chi connectivity index (χ0) is 20.5. The first kappa shape index (κ1) is 18.7. The fraction of sp³-hybridized carbons (Fsp3) is 0.182. The SMILES string of the molecule is Cc1cc(-c2ncccc2F)ccc1COc1c(C)cccc1-n1[nH]n(C)c1=O. The molecule has 2 aromatic heterocycles. The maximum atomic E-state index is 14.0. The second-order valence-corrected chi connectivity index (χ2v) is 6.96. The van der Waals surface area contributed by atoms with E-state index in [0.29, 0.717) is 23.7 Å². The smallest absolute Gasteiger partial charge is 0.364 e. The van der Waals surface area contributed by atoms with E-state index in [1.54, 1.807) is 19.3 Å². The number of nitrogens with one attached hydrogen (secondary N) is 1. The summed E-state index contributed by atoms with van der Waals surface area (Å²) < 4.78 is 23.0. The fourth-order valence-corrected chi connectivity index (χ4v) is 3.25. The van der Waals surface area contributed by atoms with Gasteiger partial charge in [0.25, 0.3) is 0 Å². The van der Waals surface area contributed by atoms with Crippen molar-refractivity contribution >= 4 is 0 Å². The number of pyridine rings is 1. The highest BCUT2D eigenvalue weighted by molar-refractivity contribution is 5.61. The topological polar surface area (TPSA) is 64.8 Å². The highest BCUT2D eigenvalue weighted by atomic mass is 19.1. The molecule has 29 heavy (non-hydrogen) atoms. The Morgan fingerprint density at radius 2 is 1.93 bits per heavy atom. The van der Waals surface area contributed by atoms with Gasteiger partial charge in [0, 0.05) is 18.8 Å². The summed E-state index contributed by atoms with van der Waals surface area (Å²) in [5, 5.41) is 2.91. The van der Waals surface area contributed by atoms with Crippen molar-refractivity contribution in [1.82, 2.24) is 19.6 Å². The normalized spacial score (nSPS) is 11.0. The van der Waals surface area contributed by atoms with Crippen LogP contribution in [0.2, 0.25) is 0 Å². The maximum Gasteiger partial charge on any atom is 0.364 e. The molecule has 1 N–H and O–H groups in total. The third-order valence-electron chi connectivity index (χ3n) is 4.91. The van der Waals surface area contributed by atoms with Crippen LogP contribution in [-0.2, 0) is 13.7 Å². The van der Waals surface area contributed by atoms with Gasteiger partial charge in [-0.15, -0.1) is 0 Å². The predicted octanol–water partition coefficient (Wildman–Crippen LogP) is 3.90. The summed E-state index contributed by atoms with van der Waals surface area (Å²) >= 11 is 0. The van der Waals surface area contributed by atoms with Gasteiger partial charge in [-0.05, 0) is 54.8 Å². The van der Waals surface area contributed by atoms with E-state index in [4.69, 9.17) is 4.74 Å². The monoisotopic (exact) mass is 392 g/mol. The molecule has 0 saturated heterocycles. The van der Waals surface area contributed by atoms with E-state index >= 15 is 0 Å². The molecule has 0 unspecified atom stereocenters. The second kappa shape index (κ2) is 7.43. The van der Waals surface area contributed by atoms with E-state index in [2.05, 4.69) is 10.2 Å². The van der Waals surface area contributed by atoms with Gasteiger partial charge >= 0.3 is 5.69 Å². The van der Waals surface area contributed by atoms with E-state index in [0.717, 1.165) is 22.3 Å². The standard InChI is InChI=1S/C22H21FN4O2/c1-14-6-4-8-19(27-22(28)26(3)25-27)21(14)29-13-17-10-9-16(12-15(17)2)20-18(23)7-5-11-24-20/h4-12,25H,13H2,1-3H3. The Balaban J connectivity index is 1.60. The molecule has 0 aliphatic carbocycles. The highest BCUT2D eigenvalue weighted by Crippen LogP contribution is 2.28. The van der Waals surface area contributed by atoms with E-state index in [-0.39, 0.29) is 11.5 Å². The highest BCUT2D eigenvalue weighted by Gasteiger charge is 2.15. The summed E-state index contributed by atoms with van der Waals surface area (Å²) in [6.07, 6.45) is 1.58. The molecular formula is C22H21FN4O2. The lowest BCUT2D eigenvalue weighted by Gasteiger charge is -2.19. The Morgan fingerprint density at radius 3 is 2.62 bits per heavy atom. The molecule has 2 aromatic carbocycles. The molecule has 6 nitrogen and oxygen atoms in total. The van der Waals surface area contributed by atoms with Gasteiger partial charge in [-0.2, -0.15) is 4.68 Å². The lowest BCUT2D eigenvalue weighted by molar-refractivity contribution is 0.298. The van der Waals surface area contributed by atoms with Crippen molar-refractivity contribution < 1.29 is 9.13 Å². The van der Waals surface area contributed by atoms with Gasteiger partial charge < -0.3 is 4.74 Å². The molecule has 0 atom stereocenters. The minimum Gasteiger partial charge on any atom is -0.486 e. The van der Waals surface area contributed by atoms with Crippen LogP contribution in [0.15, 0.2) is 59.5 Å². The second-order valence-electron chi connectivity index (χ2n) is 6.96. The van der Waals surface area contributed by atoms with E-state index in [9.17, 15) is 9.18 Å². The number of aryl methyl sites for hydroxylation is 3. The first-order valence-corrected chi connectivity index (χ1v) is 9.22. The van der Waals surface area contributed by atoms with Gasteiger partial charge in [0.2, 0.25) is 0 Å². The fourth-order valence-electron chi connectivity index (χ4n) is 3.25. The molecular weight excluding hydrogens is 371 g/mol. The largest absolute Gasteiger partial charge is 0.486 e. The number of benzene rings is 2. The van der Waals surface area contributed by atoms with Crippen LogP contribution in [-0.4, -0.2) is 19.6 Å². The molecule has 0 amide bonds. The molecule has 0 spiro atoms. The first-order valence-electron chi connectivity index (χ1n) is 9.22. The summed E-state index contributed by atoms with van der Waals surface area (Å²) in [6.45, 7) is 4.22. The van der Waals surface area contributed by atoms with E-state index in [1.807, 2.05) is 50.2 Å². The number of hydrogen-bond donors (Lipinski definition) is 1. The van der Waals surface area contributed by atoms with Crippen LogP contribution in [0.1, 0.15) is 16.7 Å². The van der Waals surface area contributed by atoms with Crippen LogP contribution in [0.25, 0.3) is 16.9 Å². The van der Waals surface area contributed by atoms with Crippen molar-refractivity contribution in [3.05, 3.63) is 87.7 Å². The number of ether oxygens (including phenoxy) is 1. The molecule has 0 fully saturated rings. The van der Waals surface area contributed by atoms with Gasteiger partial charge in [-0.3, -0.25) is 4.98 Å². The Morgan fingerprint density at radius 1 is 1.10 bits per heavy atom. The zero-order valence-corrected chi connectivity index (χ0v) is 16.4. The zero-order valence-electron chi connectivity index (χ0n) is 16.4. The minimum atomic E-state index is -0.350. The van der Waals surface area contributed by atoms with Crippen molar-refractivity contribution in [2.24, 2.45) is 7.05 Å². The maximum absolute atomic E-state index is 14.0. The average Bonchev–Trinajstić information content (AvgIpc) is 2.72. The number of aromatic nitrogens is 4. The number of rotatable bonds is 5. The van der Waals surface area contributed by atoms with Crippen molar-refractivity contribution in [1.29, 1.82) is 0 Å². The molecule has 4 aromatic rings. The third-order valence-corrected chi connectivity index (χ3v) is 4.91. The van der Waals surface area contributed by atoms with Gasteiger partial charge in [0.15, 0.2) is 0 Å². The average molecular weight is 392 g/mol. The Labute approximate surface area is 167 Å². The molecule has 0 saturated carbocycles. The Bertz CT molecular complexity index is 1240. The molecule has 2 heterocycles. The summed E-state index contributed by atoms with van der Waals surface area (Å²) in [5.41, 5.74) is 4.43. The molecule has 0 bridgehead atoms. The van der Waals surface area contributed by atoms with Crippen LogP contribution < -0.4 is 10.4 Å². The van der Waals surface area contributed by atoms with Crippen LogP contribution in [0.5, 0.6) is 5.75 Å². The summed E-state index contributed by atoms with van der Waals surface area (Å²) in [7, 11) is 1.66. The lowest BCUT2D eigenvalue weighted by Crippen LogP contribution is -2.40. The molecule has 0 radical (unpaired) electrons. The Kier molecular flexibility index (Phi) is 4.80. The van der Waals surface area contributed by atoms with E-state index < -0.39 is 0 Å². The lowest BCUT2D eigenvalue weighted by atomic mass is 10.0. The van der Waals surface area contributed by atoms with Gasteiger partial charge in [0.1, 0.15) is 29.6 Å². The molecule has 0 aliphatic rings. The summed E-state index contributed by atoms with van der Waals surface area (Å²) in [5.74, 6) is 0.290. The van der Waals surface area contributed by atoms with Gasteiger partial charge in [-0.25, -0.2) is 19.1 Å². The van der Waals surface area contributed by atoms with E-state index in [1.165, 1.54) is 15.4 Å². The van der Waals surface area contributed by atoms with Crippen LogP contribution in [0, 0.1) is 19.7 Å². The first-order chi connectivity index (χ1) is 14.0. The van der Waals surface area contributed by atoms with Crippen LogP contribution >= 0.6 is 0 Å². The molecule has 0 aliphatic heterocycles. The number of para-hydroxylation sites is 1. The van der Waals surface area contributed by atoms with Crippen LogP contribution in [0.4, 0.5) is 4.39 Å². The van der Waals surface area contributed by atoms with Crippen molar-refractivity contribution in [3.8, 4) is 22.7 Å². The number of aromatic amines is 1. The predicted molar refractivity (Wildman–Crippen MR) is 109 cm³/mol. The Hall–Kier alpha value is -3.61. The molecule has 148 valence electrons. The summed E-state index contributed by atoms with van der Waals surface area (Å²) in [4.78, 5) is 16.2. The number of halogens is 1. The number of H-pyrrole nitrogens is 1. The molecule has 4 rings (SSSR count). The van der Waals surface area contributed by atoms with Crippen molar-refractivity contribution in [2.75, 3.05) is 0 Å². The van der Waals surface area contributed by atoms with Gasteiger partial charge in [-0.1, -0.05) is 24.3 Å². The minimum absolute atomic E-state index is 0.154. The third kappa shape index (κ3) is 3.47. The quantitative estimate of drug-likeness (QED) is 0.560. The number of nitrogens with zero attached hydrogens (tertiary/aromatic N) is 3. The van der Waals surface area contributed by atoms with Crippen molar-refractivity contribution in [2.45, 2.75) is 20.5 Å². The summed E-state index contributed by atoms with van der Waals surface area (Å²) in [6, 6.07) is 14.3.